The number of amides is 1. The number of carbonyl (C=O) groups excluding carboxylic acids is 1. The van der Waals surface area contributed by atoms with Crippen LogP contribution in [0.3, 0.4) is 0 Å². The zero-order valence-corrected chi connectivity index (χ0v) is 12.3. The highest BCUT2D eigenvalue weighted by atomic mass is 35.5. The van der Waals surface area contributed by atoms with E-state index in [1.807, 2.05) is 0 Å². The van der Waals surface area contributed by atoms with Gasteiger partial charge in [0.05, 0.1) is 11.4 Å². The fraction of sp³-hybridized carbons (Fsp3) is 0.0714. The Hall–Kier alpha value is -1.79. The molecule has 7 heteroatoms. The molecule has 0 heterocycles. The molecular weight excluding hydrogens is 318 g/mol. The Morgan fingerprint density at radius 2 is 2.00 bits per heavy atom. The summed E-state index contributed by atoms with van der Waals surface area (Å²) in [4.78, 5) is 12.2. The number of rotatable bonds is 4. The second kappa shape index (κ2) is 6.78. The molecule has 21 heavy (non-hydrogen) atoms. The van der Waals surface area contributed by atoms with Crippen LogP contribution in [-0.2, 0) is 4.79 Å². The van der Waals surface area contributed by atoms with Crippen molar-refractivity contribution >= 4 is 40.6 Å². The summed E-state index contributed by atoms with van der Waals surface area (Å²) in [6.45, 7) is 0. The van der Waals surface area contributed by atoms with Crippen molar-refractivity contribution in [2.45, 2.75) is 4.90 Å². The second-order valence-corrected chi connectivity index (χ2v) is 5.60. The van der Waals surface area contributed by atoms with Gasteiger partial charge in [-0.2, -0.15) is 0 Å². The van der Waals surface area contributed by atoms with Crippen molar-refractivity contribution < 1.29 is 13.6 Å². The predicted molar refractivity (Wildman–Crippen MR) is 81.6 cm³/mol. The van der Waals surface area contributed by atoms with Gasteiger partial charge in [-0.3, -0.25) is 4.79 Å². The minimum absolute atomic E-state index is 0.0181. The molecule has 110 valence electrons. The van der Waals surface area contributed by atoms with Gasteiger partial charge in [0, 0.05) is 15.6 Å². The van der Waals surface area contributed by atoms with Crippen molar-refractivity contribution in [2.75, 3.05) is 16.8 Å². The number of carbonyl (C=O) groups is 1. The zero-order chi connectivity index (χ0) is 15.4. The molecule has 1 amide bonds. The Kier molecular flexibility index (Phi) is 5.03. The summed E-state index contributed by atoms with van der Waals surface area (Å²) in [7, 11) is 0. The van der Waals surface area contributed by atoms with E-state index in [1.54, 1.807) is 0 Å². The lowest BCUT2D eigenvalue weighted by atomic mass is 10.3. The molecule has 0 atom stereocenters. The van der Waals surface area contributed by atoms with Crippen LogP contribution in [0.15, 0.2) is 41.3 Å². The van der Waals surface area contributed by atoms with Gasteiger partial charge in [0.25, 0.3) is 0 Å². The first-order chi connectivity index (χ1) is 9.95. The normalized spacial score (nSPS) is 10.4. The third-order valence-electron chi connectivity index (χ3n) is 2.54. The number of thioether (sulfide) groups is 1. The summed E-state index contributed by atoms with van der Waals surface area (Å²) in [5.74, 6) is -1.50. The zero-order valence-electron chi connectivity index (χ0n) is 10.7. The SMILES string of the molecule is Nc1ccc(F)cc1SCC(=O)Nc1ccc(Cl)cc1F. The summed E-state index contributed by atoms with van der Waals surface area (Å²) >= 11 is 6.69. The standard InChI is InChI=1S/C14H11ClF2N2OS/c15-8-1-4-12(10(17)5-8)19-14(20)7-21-13-6-9(16)2-3-11(13)18/h1-6H,7,18H2,(H,19,20). The van der Waals surface area contributed by atoms with Crippen LogP contribution >= 0.6 is 23.4 Å². The largest absolute Gasteiger partial charge is 0.398 e. The van der Waals surface area contributed by atoms with Gasteiger partial charge in [0.2, 0.25) is 5.91 Å². The van der Waals surface area contributed by atoms with E-state index in [-0.39, 0.29) is 16.5 Å². The van der Waals surface area contributed by atoms with E-state index >= 15 is 0 Å². The minimum atomic E-state index is -0.619. The lowest BCUT2D eigenvalue weighted by Crippen LogP contribution is -2.15. The van der Waals surface area contributed by atoms with Gasteiger partial charge in [-0.15, -0.1) is 11.8 Å². The highest BCUT2D eigenvalue weighted by Gasteiger charge is 2.09. The third-order valence-corrected chi connectivity index (χ3v) is 3.85. The first kappa shape index (κ1) is 15.6. The molecule has 0 aliphatic carbocycles. The average molecular weight is 329 g/mol. The van der Waals surface area contributed by atoms with Crippen LogP contribution < -0.4 is 11.1 Å². The van der Waals surface area contributed by atoms with Gasteiger partial charge < -0.3 is 11.1 Å². The third kappa shape index (κ3) is 4.34. The van der Waals surface area contributed by atoms with Gasteiger partial charge >= 0.3 is 0 Å². The molecule has 2 aromatic rings. The molecular formula is C14H11ClF2N2OS. The van der Waals surface area contributed by atoms with E-state index in [0.29, 0.717) is 10.6 Å². The van der Waals surface area contributed by atoms with Crippen LogP contribution in [0.5, 0.6) is 0 Å². The number of benzene rings is 2. The fourth-order valence-corrected chi connectivity index (χ4v) is 2.50. The Bertz CT molecular complexity index is 682. The number of nitrogens with two attached hydrogens (primary N) is 1. The summed E-state index contributed by atoms with van der Waals surface area (Å²) < 4.78 is 26.6. The number of hydrogen-bond donors (Lipinski definition) is 2. The molecule has 0 aliphatic rings. The molecule has 3 N–H and O–H groups in total. The first-order valence-corrected chi connectivity index (χ1v) is 7.25. The average Bonchev–Trinajstić information content (AvgIpc) is 2.43. The smallest absolute Gasteiger partial charge is 0.234 e. The minimum Gasteiger partial charge on any atom is -0.398 e. The molecule has 0 radical (unpaired) electrons. The molecule has 0 spiro atoms. The summed E-state index contributed by atoms with van der Waals surface area (Å²) in [5.41, 5.74) is 6.10. The molecule has 0 aliphatic heterocycles. The van der Waals surface area contributed by atoms with Gasteiger partial charge in [-0.25, -0.2) is 8.78 Å². The highest BCUT2D eigenvalue weighted by molar-refractivity contribution is 8.00. The van der Waals surface area contributed by atoms with Crippen molar-refractivity contribution in [1.29, 1.82) is 0 Å². The molecule has 0 saturated heterocycles. The second-order valence-electron chi connectivity index (χ2n) is 4.14. The van der Waals surface area contributed by atoms with Crippen molar-refractivity contribution in [2.24, 2.45) is 0 Å². The number of nitrogens with one attached hydrogen (secondary N) is 1. The summed E-state index contributed by atoms with van der Waals surface area (Å²) in [6.07, 6.45) is 0. The first-order valence-electron chi connectivity index (χ1n) is 5.88. The molecule has 0 bridgehead atoms. The van der Waals surface area contributed by atoms with Crippen LogP contribution in [0.2, 0.25) is 5.02 Å². The van der Waals surface area contributed by atoms with Gasteiger partial charge in [-0.1, -0.05) is 11.6 Å². The van der Waals surface area contributed by atoms with Crippen molar-refractivity contribution in [3.8, 4) is 0 Å². The summed E-state index contributed by atoms with van der Waals surface area (Å²) in [6, 6.07) is 7.86. The molecule has 0 unspecified atom stereocenters. The molecule has 2 rings (SSSR count). The number of halogens is 3. The van der Waals surface area contributed by atoms with Crippen molar-refractivity contribution in [3.05, 3.63) is 53.1 Å². The Balaban J connectivity index is 1.97. The molecule has 0 fully saturated rings. The Labute approximate surface area is 129 Å². The highest BCUT2D eigenvalue weighted by Crippen LogP contribution is 2.26. The lowest BCUT2D eigenvalue weighted by Gasteiger charge is -2.08. The summed E-state index contributed by atoms with van der Waals surface area (Å²) in [5, 5.41) is 2.66. The van der Waals surface area contributed by atoms with Crippen LogP contribution in [0.1, 0.15) is 0 Å². The molecule has 0 saturated carbocycles. The van der Waals surface area contributed by atoms with E-state index in [2.05, 4.69) is 5.32 Å². The van der Waals surface area contributed by atoms with Crippen LogP contribution in [0, 0.1) is 11.6 Å². The topological polar surface area (TPSA) is 55.1 Å². The van der Waals surface area contributed by atoms with Crippen LogP contribution in [0.4, 0.5) is 20.2 Å². The van der Waals surface area contributed by atoms with E-state index in [0.717, 1.165) is 17.8 Å². The van der Waals surface area contributed by atoms with Crippen molar-refractivity contribution in [1.82, 2.24) is 0 Å². The lowest BCUT2D eigenvalue weighted by molar-refractivity contribution is -0.113. The van der Waals surface area contributed by atoms with Gasteiger partial charge in [-0.05, 0) is 36.4 Å². The maximum absolute atomic E-state index is 13.5. The molecule has 0 aromatic heterocycles. The van der Waals surface area contributed by atoms with Gasteiger partial charge in [0.1, 0.15) is 11.6 Å². The van der Waals surface area contributed by atoms with E-state index in [1.165, 1.54) is 30.3 Å². The van der Waals surface area contributed by atoms with Crippen molar-refractivity contribution in [3.63, 3.8) is 0 Å². The van der Waals surface area contributed by atoms with E-state index < -0.39 is 17.5 Å². The Morgan fingerprint density at radius 3 is 2.71 bits per heavy atom. The fourth-order valence-electron chi connectivity index (χ4n) is 1.55. The molecule has 3 nitrogen and oxygen atoms in total. The predicted octanol–water partition coefficient (Wildman–Crippen LogP) is 3.93. The van der Waals surface area contributed by atoms with Crippen LogP contribution in [-0.4, -0.2) is 11.7 Å². The Morgan fingerprint density at radius 1 is 1.24 bits per heavy atom. The monoisotopic (exact) mass is 328 g/mol. The van der Waals surface area contributed by atoms with E-state index in [4.69, 9.17) is 17.3 Å². The maximum Gasteiger partial charge on any atom is 0.234 e. The van der Waals surface area contributed by atoms with Gasteiger partial charge in [0.15, 0.2) is 0 Å². The molecule has 2 aromatic carbocycles. The number of anilines is 2. The quantitative estimate of drug-likeness (QED) is 0.660. The number of nitrogen functional groups attached to an aromatic ring is 1. The van der Waals surface area contributed by atoms with E-state index in [9.17, 15) is 13.6 Å². The maximum atomic E-state index is 13.5. The van der Waals surface area contributed by atoms with Crippen LogP contribution in [0.25, 0.3) is 0 Å². The number of hydrogen-bond acceptors (Lipinski definition) is 3.